The molecule has 152 valence electrons. The first-order valence-corrected chi connectivity index (χ1v) is 11.4. The predicted octanol–water partition coefficient (Wildman–Crippen LogP) is 2.34. The Morgan fingerprint density at radius 3 is 2.61 bits per heavy atom. The van der Waals surface area contributed by atoms with E-state index in [9.17, 15) is 14.4 Å². The molecule has 7 heteroatoms. The van der Waals surface area contributed by atoms with Gasteiger partial charge in [0.2, 0.25) is 17.7 Å². The quantitative estimate of drug-likeness (QED) is 0.698. The van der Waals surface area contributed by atoms with Gasteiger partial charge in [0, 0.05) is 24.7 Å². The number of nitrogens with zero attached hydrogens (tertiary/aromatic N) is 1. The van der Waals surface area contributed by atoms with Crippen molar-refractivity contribution in [2.45, 2.75) is 50.6 Å². The maximum Gasteiger partial charge on any atom is 0.242 e. The van der Waals surface area contributed by atoms with Gasteiger partial charge < -0.3 is 15.5 Å². The highest BCUT2D eigenvalue weighted by molar-refractivity contribution is 7.98. The molecule has 0 aromatic heterocycles. The van der Waals surface area contributed by atoms with E-state index in [1.807, 2.05) is 36.6 Å². The van der Waals surface area contributed by atoms with Crippen molar-refractivity contribution in [3.8, 4) is 0 Å². The molecule has 0 radical (unpaired) electrons. The SMILES string of the molecule is CSCC[C@H](NC(=O)[C@H]1CC(=O)N(c2ccccc2)C1)C(=O)NC1CCCC1. The van der Waals surface area contributed by atoms with E-state index < -0.39 is 12.0 Å². The Bertz CT molecular complexity index is 691. The van der Waals surface area contributed by atoms with Gasteiger partial charge in [0.05, 0.1) is 5.92 Å². The second-order valence-electron chi connectivity index (χ2n) is 7.57. The number of hydrogen-bond acceptors (Lipinski definition) is 4. The fourth-order valence-electron chi connectivity index (χ4n) is 3.91. The van der Waals surface area contributed by atoms with Crippen LogP contribution in [-0.4, -0.2) is 48.4 Å². The summed E-state index contributed by atoms with van der Waals surface area (Å²) in [6.07, 6.45) is 7.07. The molecular weight excluding hydrogens is 374 g/mol. The molecule has 1 aliphatic carbocycles. The lowest BCUT2D eigenvalue weighted by molar-refractivity contribution is -0.131. The first-order chi connectivity index (χ1) is 13.6. The highest BCUT2D eigenvalue weighted by Crippen LogP contribution is 2.25. The second-order valence-corrected chi connectivity index (χ2v) is 8.56. The van der Waals surface area contributed by atoms with Crippen molar-refractivity contribution in [2.24, 2.45) is 5.92 Å². The molecule has 28 heavy (non-hydrogen) atoms. The zero-order chi connectivity index (χ0) is 19.9. The van der Waals surface area contributed by atoms with Gasteiger partial charge >= 0.3 is 0 Å². The number of anilines is 1. The first kappa shape index (κ1) is 20.7. The average molecular weight is 404 g/mol. The van der Waals surface area contributed by atoms with E-state index in [1.165, 1.54) is 0 Å². The highest BCUT2D eigenvalue weighted by Gasteiger charge is 2.36. The zero-order valence-electron chi connectivity index (χ0n) is 16.4. The fourth-order valence-corrected chi connectivity index (χ4v) is 4.38. The minimum absolute atomic E-state index is 0.0533. The van der Waals surface area contributed by atoms with Crippen molar-refractivity contribution in [1.29, 1.82) is 0 Å². The van der Waals surface area contributed by atoms with Crippen LogP contribution in [0, 0.1) is 5.92 Å². The normalized spacial score (nSPS) is 21.0. The summed E-state index contributed by atoms with van der Waals surface area (Å²) in [5, 5.41) is 6.00. The van der Waals surface area contributed by atoms with E-state index >= 15 is 0 Å². The Balaban J connectivity index is 1.59. The number of hydrogen-bond donors (Lipinski definition) is 2. The van der Waals surface area contributed by atoms with Crippen molar-refractivity contribution in [3.05, 3.63) is 30.3 Å². The van der Waals surface area contributed by atoms with Crippen LogP contribution in [0.15, 0.2) is 30.3 Å². The molecule has 2 N–H and O–H groups in total. The number of amides is 3. The number of benzene rings is 1. The lowest BCUT2D eigenvalue weighted by atomic mass is 10.1. The van der Waals surface area contributed by atoms with Crippen LogP contribution in [0.1, 0.15) is 38.5 Å². The van der Waals surface area contributed by atoms with E-state index in [2.05, 4.69) is 10.6 Å². The Hall–Kier alpha value is -2.02. The van der Waals surface area contributed by atoms with Crippen molar-refractivity contribution in [2.75, 3.05) is 23.5 Å². The van der Waals surface area contributed by atoms with Gasteiger partial charge in [-0.1, -0.05) is 31.0 Å². The van der Waals surface area contributed by atoms with Crippen LogP contribution < -0.4 is 15.5 Å². The van der Waals surface area contributed by atoms with Crippen molar-refractivity contribution in [1.82, 2.24) is 10.6 Å². The van der Waals surface area contributed by atoms with Crippen molar-refractivity contribution >= 4 is 35.2 Å². The maximum absolute atomic E-state index is 12.8. The van der Waals surface area contributed by atoms with Crippen LogP contribution in [-0.2, 0) is 14.4 Å². The standard InChI is InChI=1S/C21H29N3O3S/c1-28-12-11-18(21(27)22-16-7-5-6-8-16)23-20(26)15-13-19(25)24(14-15)17-9-3-2-4-10-17/h2-4,9-10,15-16,18H,5-8,11-14H2,1H3,(H,22,27)(H,23,26)/t15-,18-/m0/s1. The zero-order valence-corrected chi connectivity index (χ0v) is 17.2. The Morgan fingerprint density at radius 2 is 1.93 bits per heavy atom. The van der Waals surface area contributed by atoms with Gasteiger partial charge in [-0.15, -0.1) is 0 Å². The average Bonchev–Trinajstić information content (AvgIpc) is 3.35. The molecule has 1 saturated carbocycles. The number of para-hydroxylation sites is 1. The minimum Gasteiger partial charge on any atom is -0.352 e. The first-order valence-electron chi connectivity index (χ1n) is 10.0. The third-order valence-electron chi connectivity index (χ3n) is 5.51. The van der Waals surface area contributed by atoms with E-state index in [1.54, 1.807) is 16.7 Å². The summed E-state index contributed by atoms with van der Waals surface area (Å²) in [7, 11) is 0. The Kier molecular flexibility index (Phi) is 7.36. The van der Waals surface area contributed by atoms with Crippen LogP contribution in [0.3, 0.4) is 0 Å². The molecule has 1 aromatic rings. The fraction of sp³-hybridized carbons (Fsp3) is 0.571. The largest absolute Gasteiger partial charge is 0.352 e. The third-order valence-corrected chi connectivity index (χ3v) is 6.15. The maximum atomic E-state index is 12.8. The van der Waals surface area contributed by atoms with Crippen LogP contribution in [0.2, 0.25) is 0 Å². The van der Waals surface area contributed by atoms with Gasteiger partial charge in [0.15, 0.2) is 0 Å². The van der Waals surface area contributed by atoms with Crippen LogP contribution >= 0.6 is 11.8 Å². The van der Waals surface area contributed by atoms with Gasteiger partial charge in [-0.05, 0) is 43.4 Å². The van der Waals surface area contributed by atoms with Gasteiger partial charge in [-0.3, -0.25) is 14.4 Å². The van der Waals surface area contributed by atoms with Crippen LogP contribution in [0.5, 0.6) is 0 Å². The number of thioether (sulfide) groups is 1. The lowest BCUT2D eigenvalue weighted by Gasteiger charge is -2.22. The molecule has 2 fully saturated rings. The van der Waals surface area contributed by atoms with Crippen LogP contribution in [0.4, 0.5) is 5.69 Å². The van der Waals surface area contributed by atoms with Crippen LogP contribution in [0.25, 0.3) is 0 Å². The molecule has 1 aromatic carbocycles. The predicted molar refractivity (Wildman–Crippen MR) is 112 cm³/mol. The minimum atomic E-state index is -0.540. The molecule has 6 nitrogen and oxygen atoms in total. The molecule has 3 amide bonds. The summed E-state index contributed by atoms with van der Waals surface area (Å²) in [4.78, 5) is 39.5. The molecule has 1 heterocycles. The topological polar surface area (TPSA) is 78.5 Å². The number of carbonyl (C=O) groups is 3. The Labute approximate surface area is 170 Å². The van der Waals surface area contributed by atoms with Gasteiger partial charge in [-0.25, -0.2) is 0 Å². The van der Waals surface area contributed by atoms with E-state index in [0.717, 1.165) is 37.1 Å². The molecular formula is C21H29N3O3S. The molecule has 1 aliphatic heterocycles. The highest BCUT2D eigenvalue weighted by atomic mass is 32.2. The van der Waals surface area contributed by atoms with Gasteiger partial charge in [0.1, 0.15) is 6.04 Å². The molecule has 0 bridgehead atoms. The summed E-state index contributed by atoms with van der Waals surface area (Å²) in [6, 6.07) is 9.07. The van der Waals surface area contributed by atoms with Gasteiger partial charge in [-0.2, -0.15) is 11.8 Å². The number of carbonyl (C=O) groups excluding carboxylic acids is 3. The third kappa shape index (κ3) is 5.28. The van der Waals surface area contributed by atoms with E-state index in [0.29, 0.717) is 13.0 Å². The smallest absolute Gasteiger partial charge is 0.242 e. The van der Waals surface area contributed by atoms with Gasteiger partial charge in [0.25, 0.3) is 0 Å². The number of nitrogens with one attached hydrogen (secondary N) is 2. The monoisotopic (exact) mass is 403 g/mol. The molecule has 3 rings (SSSR count). The molecule has 1 saturated heterocycles. The summed E-state index contributed by atoms with van der Waals surface area (Å²) in [5.41, 5.74) is 0.806. The lowest BCUT2D eigenvalue weighted by Crippen LogP contribution is -2.51. The molecule has 2 aliphatic rings. The summed E-state index contributed by atoms with van der Waals surface area (Å²) in [5.74, 6) is 0.00662. The Morgan fingerprint density at radius 1 is 1.21 bits per heavy atom. The summed E-state index contributed by atoms with van der Waals surface area (Å²) < 4.78 is 0. The summed E-state index contributed by atoms with van der Waals surface area (Å²) >= 11 is 1.65. The summed E-state index contributed by atoms with van der Waals surface area (Å²) in [6.45, 7) is 0.355. The second kappa shape index (κ2) is 9.96. The molecule has 0 unspecified atom stereocenters. The van der Waals surface area contributed by atoms with E-state index in [4.69, 9.17) is 0 Å². The number of rotatable bonds is 8. The molecule has 0 spiro atoms. The van der Waals surface area contributed by atoms with Crippen molar-refractivity contribution in [3.63, 3.8) is 0 Å². The van der Waals surface area contributed by atoms with E-state index in [-0.39, 0.29) is 30.2 Å². The van der Waals surface area contributed by atoms with Crippen molar-refractivity contribution < 1.29 is 14.4 Å². The molecule has 2 atom stereocenters.